The lowest BCUT2D eigenvalue weighted by atomic mass is 10.0. The van der Waals surface area contributed by atoms with Crippen LogP contribution in [-0.4, -0.2) is 16.9 Å². The summed E-state index contributed by atoms with van der Waals surface area (Å²) in [5.74, 6) is 0. The Kier molecular flexibility index (Phi) is 2.15. The normalized spacial score (nSPS) is 23.7. The average molecular weight is 217 g/mol. The summed E-state index contributed by atoms with van der Waals surface area (Å²) in [6.45, 7) is 0. The van der Waals surface area contributed by atoms with Gasteiger partial charge in [0.2, 0.25) is 0 Å². The zero-order valence-electron chi connectivity index (χ0n) is 8.18. The van der Waals surface area contributed by atoms with Gasteiger partial charge in [-0.2, -0.15) is 0 Å². The second-order valence-electron chi connectivity index (χ2n) is 3.77. The number of thioether (sulfide) groups is 1. The van der Waals surface area contributed by atoms with Gasteiger partial charge in [-0.1, -0.05) is 23.9 Å². The molecule has 1 atom stereocenters. The molecule has 1 aromatic carbocycles. The molecule has 1 heterocycles. The number of rotatable bonds is 0. The van der Waals surface area contributed by atoms with Crippen molar-refractivity contribution in [3.05, 3.63) is 35.2 Å². The number of aliphatic hydroxyl groups excluding tert-OH is 1. The third kappa shape index (κ3) is 1.62. The molecule has 3 rings (SSSR count). The Hall–Kier alpha value is -1.06. The van der Waals surface area contributed by atoms with Crippen LogP contribution in [0.5, 0.6) is 0 Å². The Bertz CT molecular complexity index is 464. The Morgan fingerprint density at radius 3 is 3.13 bits per heavy atom. The molecule has 0 saturated heterocycles. The maximum Gasteiger partial charge on any atom is 0.0772 e. The molecule has 1 aromatic rings. The molecule has 1 N–H and O–H groups in total. The smallest absolute Gasteiger partial charge is 0.0772 e. The van der Waals surface area contributed by atoms with Crippen molar-refractivity contribution >= 4 is 23.2 Å². The highest BCUT2D eigenvalue weighted by Crippen LogP contribution is 2.42. The molecule has 2 nitrogen and oxygen atoms in total. The molecule has 1 unspecified atom stereocenters. The van der Waals surface area contributed by atoms with Crippen LogP contribution in [0.1, 0.15) is 12.8 Å². The van der Waals surface area contributed by atoms with Gasteiger partial charge >= 0.3 is 0 Å². The van der Waals surface area contributed by atoms with E-state index in [0.29, 0.717) is 0 Å². The fraction of sp³-hybridized carbons (Fsp3) is 0.250. The van der Waals surface area contributed by atoms with E-state index in [-0.39, 0.29) is 6.10 Å². The van der Waals surface area contributed by atoms with E-state index < -0.39 is 0 Å². The van der Waals surface area contributed by atoms with Crippen molar-refractivity contribution in [3.8, 4) is 0 Å². The van der Waals surface area contributed by atoms with Crippen LogP contribution in [0.25, 0.3) is 0 Å². The van der Waals surface area contributed by atoms with Gasteiger partial charge in [-0.05, 0) is 31.1 Å². The van der Waals surface area contributed by atoms with E-state index in [0.717, 1.165) is 29.1 Å². The molecule has 0 spiro atoms. The van der Waals surface area contributed by atoms with Crippen molar-refractivity contribution in [3.63, 3.8) is 0 Å². The van der Waals surface area contributed by atoms with Gasteiger partial charge in [0.25, 0.3) is 0 Å². The summed E-state index contributed by atoms with van der Waals surface area (Å²) in [6, 6.07) is 8.14. The highest BCUT2D eigenvalue weighted by molar-refractivity contribution is 8.04. The molecular formula is C12H11NOS. The van der Waals surface area contributed by atoms with Crippen LogP contribution in [0, 0.1) is 0 Å². The first-order chi connectivity index (χ1) is 7.33. The monoisotopic (exact) mass is 217 g/mol. The number of allylic oxidation sites excluding steroid dienone is 1. The van der Waals surface area contributed by atoms with Crippen LogP contribution >= 0.6 is 11.8 Å². The summed E-state index contributed by atoms with van der Waals surface area (Å²) in [5.41, 5.74) is 2.19. The van der Waals surface area contributed by atoms with Gasteiger partial charge in [-0.15, -0.1) is 0 Å². The van der Waals surface area contributed by atoms with E-state index >= 15 is 0 Å². The standard InChI is InChI=1S/C12H11NOS/c14-8-5-6-10-12(7-8)15-11-4-2-1-3-9(11)13-10/h1-4,7-8,14H,5-6H2. The lowest BCUT2D eigenvalue weighted by Crippen LogP contribution is -2.17. The van der Waals surface area contributed by atoms with Crippen LogP contribution in [-0.2, 0) is 0 Å². The Morgan fingerprint density at radius 1 is 1.33 bits per heavy atom. The molecule has 0 saturated carbocycles. The first kappa shape index (κ1) is 9.19. The summed E-state index contributed by atoms with van der Waals surface area (Å²) in [5, 5.41) is 9.55. The van der Waals surface area contributed by atoms with Gasteiger partial charge in [-0.25, -0.2) is 0 Å². The number of para-hydroxylation sites is 1. The lowest BCUT2D eigenvalue weighted by molar-refractivity contribution is 0.213. The second-order valence-corrected chi connectivity index (χ2v) is 4.85. The number of aliphatic imine (C=N–C) groups is 1. The quantitative estimate of drug-likeness (QED) is 0.724. The number of hydrogen-bond acceptors (Lipinski definition) is 3. The van der Waals surface area contributed by atoms with E-state index in [2.05, 4.69) is 11.1 Å². The van der Waals surface area contributed by atoms with Crippen LogP contribution < -0.4 is 0 Å². The Morgan fingerprint density at radius 2 is 2.20 bits per heavy atom. The summed E-state index contributed by atoms with van der Waals surface area (Å²) in [4.78, 5) is 6.93. The Balaban J connectivity index is 2.09. The van der Waals surface area contributed by atoms with Crippen molar-refractivity contribution in [2.24, 2.45) is 4.99 Å². The predicted molar refractivity (Wildman–Crippen MR) is 62.7 cm³/mol. The summed E-state index contributed by atoms with van der Waals surface area (Å²) in [6.07, 6.45) is 3.30. The maximum absolute atomic E-state index is 9.55. The van der Waals surface area contributed by atoms with Gasteiger partial charge in [-0.3, -0.25) is 4.99 Å². The minimum Gasteiger partial charge on any atom is -0.389 e. The van der Waals surface area contributed by atoms with Gasteiger partial charge in [0.15, 0.2) is 0 Å². The van der Waals surface area contributed by atoms with Crippen LogP contribution in [0.4, 0.5) is 5.69 Å². The van der Waals surface area contributed by atoms with E-state index in [1.165, 1.54) is 4.90 Å². The van der Waals surface area contributed by atoms with Gasteiger partial charge in [0, 0.05) is 9.80 Å². The lowest BCUT2D eigenvalue weighted by Gasteiger charge is -2.23. The second kappa shape index (κ2) is 3.51. The number of nitrogens with zero attached hydrogens (tertiary/aromatic N) is 1. The van der Waals surface area contributed by atoms with Crippen LogP contribution in [0.15, 0.2) is 45.1 Å². The molecule has 0 fully saturated rings. The molecule has 76 valence electrons. The van der Waals surface area contributed by atoms with Crippen molar-refractivity contribution in [1.82, 2.24) is 0 Å². The molecular weight excluding hydrogens is 206 g/mol. The fourth-order valence-electron chi connectivity index (χ4n) is 1.87. The van der Waals surface area contributed by atoms with Crippen molar-refractivity contribution in [1.29, 1.82) is 0 Å². The topological polar surface area (TPSA) is 32.6 Å². The third-order valence-electron chi connectivity index (χ3n) is 2.65. The van der Waals surface area contributed by atoms with Gasteiger partial charge in [0.05, 0.1) is 17.5 Å². The van der Waals surface area contributed by atoms with E-state index in [9.17, 15) is 5.11 Å². The van der Waals surface area contributed by atoms with Crippen molar-refractivity contribution in [2.75, 3.05) is 0 Å². The SMILES string of the molecule is OC1C=C2Sc3ccccc3N=C2CC1. The predicted octanol–water partition coefficient (Wildman–Crippen LogP) is 2.90. The number of hydrogen-bond donors (Lipinski definition) is 1. The highest BCUT2D eigenvalue weighted by atomic mass is 32.2. The van der Waals surface area contributed by atoms with E-state index in [1.807, 2.05) is 24.3 Å². The molecule has 0 bridgehead atoms. The maximum atomic E-state index is 9.55. The van der Waals surface area contributed by atoms with Crippen molar-refractivity contribution < 1.29 is 5.11 Å². The molecule has 2 aliphatic rings. The van der Waals surface area contributed by atoms with E-state index in [4.69, 9.17) is 0 Å². The zero-order chi connectivity index (χ0) is 10.3. The average Bonchev–Trinajstić information content (AvgIpc) is 2.26. The number of fused-ring (bicyclic) bond motifs is 2. The summed E-state index contributed by atoms with van der Waals surface area (Å²) < 4.78 is 0. The largest absolute Gasteiger partial charge is 0.389 e. The number of benzene rings is 1. The summed E-state index contributed by atoms with van der Waals surface area (Å²) in [7, 11) is 0. The molecule has 1 aliphatic carbocycles. The van der Waals surface area contributed by atoms with E-state index in [1.54, 1.807) is 11.8 Å². The molecule has 3 heteroatoms. The van der Waals surface area contributed by atoms with Crippen LogP contribution in [0.2, 0.25) is 0 Å². The van der Waals surface area contributed by atoms with Crippen LogP contribution in [0.3, 0.4) is 0 Å². The highest BCUT2D eigenvalue weighted by Gasteiger charge is 2.22. The molecule has 0 radical (unpaired) electrons. The number of aliphatic hydroxyl groups is 1. The minimum absolute atomic E-state index is 0.295. The first-order valence-electron chi connectivity index (χ1n) is 5.07. The molecule has 0 aromatic heterocycles. The zero-order valence-corrected chi connectivity index (χ0v) is 9.00. The third-order valence-corrected chi connectivity index (χ3v) is 3.80. The van der Waals surface area contributed by atoms with Gasteiger partial charge < -0.3 is 5.11 Å². The molecule has 15 heavy (non-hydrogen) atoms. The fourth-order valence-corrected chi connectivity index (χ4v) is 2.96. The molecule has 0 amide bonds. The van der Waals surface area contributed by atoms with Gasteiger partial charge in [0.1, 0.15) is 0 Å². The molecule has 1 aliphatic heterocycles. The first-order valence-corrected chi connectivity index (χ1v) is 5.89. The minimum atomic E-state index is -0.295. The van der Waals surface area contributed by atoms with Crippen molar-refractivity contribution in [2.45, 2.75) is 23.8 Å². The summed E-state index contributed by atoms with van der Waals surface area (Å²) >= 11 is 1.72. The Labute approximate surface area is 92.7 Å².